The molecule has 0 radical (unpaired) electrons. The summed E-state index contributed by atoms with van der Waals surface area (Å²) in [4.78, 5) is 2.97. The summed E-state index contributed by atoms with van der Waals surface area (Å²) in [6.45, 7) is 6.95. The Bertz CT molecular complexity index is 391. The predicted molar refractivity (Wildman–Crippen MR) is 88.8 cm³/mol. The topological polar surface area (TPSA) is 38.0 Å². The van der Waals surface area contributed by atoms with Crippen LogP contribution in [0.2, 0.25) is 0 Å². The van der Waals surface area contributed by atoms with Crippen LogP contribution in [-0.2, 0) is 12.8 Å². The van der Waals surface area contributed by atoms with Gasteiger partial charge in [-0.2, -0.15) is 0 Å². The second-order valence-electron chi connectivity index (χ2n) is 6.62. The average Bonchev–Trinajstić information content (AvgIpc) is 2.92. The molecule has 3 N–H and O–H groups in total. The van der Waals surface area contributed by atoms with Gasteiger partial charge in [0.25, 0.3) is 0 Å². The highest BCUT2D eigenvalue weighted by Gasteiger charge is 2.28. The average molecular weight is 295 g/mol. The minimum absolute atomic E-state index is 0.450. The van der Waals surface area contributed by atoms with Crippen LogP contribution in [0.15, 0.2) is 12.1 Å². The Morgan fingerprint density at radius 2 is 1.75 bits per heavy atom. The first kappa shape index (κ1) is 16.0. The van der Waals surface area contributed by atoms with Crippen molar-refractivity contribution < 1.29 is 0 Å². The number of thiophene rings is 1. The molecule has 1 fully saturated rings. The van der Waals surface area contributed by atoms with E-state index in [1.165, 1.54) is 35.4 Å². The summed E-state index contributed by atoms with van der Waals surface area (Å²) in [6.07, 6.45) is 7.67. The van der Waals surface area contributed by atoms with Gasteiger partial charge >= 0.3 is 0 Å². The fourth-order valence-electron chi connectivity index (χ4n) is 3.51. The van der Waals surface area contributed by atoms with E-state index in [2.05, 4.69) is 38.3 Å². The van der Waals surface area contributed by atoms with E-state index in [9.17, 15) is 0 Å². The largest absolute Gasteiger partial charge is 0.271 e. The molecule has 3 heteroatoms. The van der Waals surface area contributed by atoms with E-state index < -0.39 is 0 Å². The zero-order chi connectivity index (χ0) is 14.5. The molecule has 114 valence electrons. The maximum absolute atomic E-state index is 5.84. The van der Waals surface area contributed by atoms with Gasteiger partial charge in [0.1, 0.15) is 0 Å². The van der Waals surface area contributed by atoms with Crippen molar-refractivity contribution in [3.63, 3.8) is 0 Å². The van der Waals surface area contributed by atoms with Crippen LogP contribution < -0.4 is 11.3 Å². The molecule has 1 atom stereocenters. The van der Waals surface area contributed by atoms with Crippen LogP contribution >= 0.6 is 11.3 Å². The first-order valence-corrected chi connectivity index (χ1v) is 8.99. The van der Waals surface area contributed by atoms with Crippen molar-refractivity contribution >= 4 is 11.3 Å². The highest BCUT2D eigenvalue weighted by atomic mass is 32.1. The molecule has 2 nitrogen and oxygen atoms in total. The van der Waals surface area contributed by atoms with E-state index in [0.29, 0.717) is 6.04 Å². The van der Waals surface area contributed by atoms with Crippen LogP contribution in [0, 0.1) is 17.8 Å². The molecule has 1 aliphatic carbocycles. The summed E-state index contributed by atoms with van der Waals surface area (Å²) in [7, 11) is 0. The molecule has 0 spiro atoms. The van der Waals surface area contributed by atoms with Gasteiger partial charge < -0.3 is 0 Å². The van der Waals surface area contributed by atoms with Crippen molar-refractivity contribution in [2.75, 3.05) is 0 Å². The molecule has 1 heterocycles. The maximum Gasteiger partial charge on any atom is 0.0287 e. The summed E-state index contributed by atoms with van der Waals surface area (Å²) in [6, 6.07) is 5.00. The molecule has 20 heavy (non-hydrogen) atoms. The van der Waals surface area contributed by atoms with Gasteiger partial charge in [0.05, 0.1) is 0 Å². The molecular weight excluding hydrogens is 264 g/mol. The number of hydrogen-bond donors (Lipinski definition) is 2. The van der Waals surface area contributed by atoms with Crippen molar-refractivity contribution in [2.45, 2.75) is 65.3 Å². The Kier molecular flexibility index (Phi) is 6.06. The Labute approximate surface area is 128 Å². The highest BCUT2D eigenvalue weighted by Crippen LogP contribution is 2.35. The fraction of sp³-hybridized carbons (Fsp3) is 0.765. The van der Waals surface area contributed by atoms with Crippen molar-refractivity contribution in [1.82, 2.24) is 5.43 Å². The summed E-state index contributed by atoms with van der Waals surface area (Å²) >= 11 is 1.95. The first-order valence-electron chi connectivity index (χ1n) is 8.17. The lowest BCUT2D eigenvalue weighted by Gasteiger charge is -2.35. The van der Waals surface area contributed by atoms with Gasteiger partial charge in [0, 0.05) is 15.8 Å². The van der Waals surface area contributed by atoms with Crippen molar-refractivity contribution in [1.29, 1.82) is 0 Å². The van der Waals surface area contributed by atoms with Crippen molar-refractivity contribution in [3.8, 4) is 0 Å². The quantitative estimate of drug-likeness (QED) is 0.611. The number of nitrogens with one attached hydrogen (secondary N) is 1. The lowest BCUT2D eigenvalue weighted by atomic mass is 9.74. The molecule has 1 unspecified atom stereocenters. The van der Waals surface area contributed by atoms with Gasteiger partial charge in [0.2, 0.25) is 0 Å². The molecule has 1 aromatic heterocycles. The van der Waals surface area contributed by atoms with Gasteiger partial charge in [-0.15, -0.1) is 11.3 Å². The zero-order valence-corrected chi connectivity index (χ0v) is 14.0. The third kappa shape index (κ3) is 4.06. The molecule has 0 saturated heterocycles. The summed E-state index contributed by atoms with van der Waals surface area (Å²) < 4.78 is 0. The Morgan fingerprint density at radius 1 is 1.15 bits per heavy atom. The van der Waals surface area contributed by atoms with Gasteiger partial charge in [-0.05, 0) is 68.4 Å². The van der Waals surface area contributed by atoms with Crippen molar-refractivity contribution in [2.24, 2.45) is 23.6 Å². The van der Waals surface area contributed by atoms with E-state index in [4.69, 9.17) is 5.84 Å². The van der Waals surface area contributed by atoms with E-state index in [1.807, 2.05) is 11.3 Å². The maximum atomic E-state index is 5.84. The van der Waals surface area contributed by atoms with Gasteiger partial charge in [-0.3, -0.25) is 11.3 Å². The number of aryl methyl sites for hydroxylation is 1. The Hall–Kier alpha value is -0.380. The molecular formula is C17H30N2S. The summed E-state index contributed by atoms with van der Waals surface area (Å²) in [5, 5.41) is 0. The molecule has 0 amide bonds. The number of hydrazine groups is 1. The predicted octanol–water partition coefficient (Wildman–Crippen LogP) is 4.15. The minimum atomic E-state index is 0.450. The molecule has 0 aliphatic heterocycles. The number of nitrogens with two attached hydrogens (primary N) is 1. The van der Waals surface area contributed by atoms with Gasteiger partial charge in [0.15, 0.2) is 0 Å². The van der Waals surface area contributed by atoms with Crippen molar-refractivity contribution in [3.05, 3.63) is 21.9 Å². The van der Waals surface area contributed by atoms with Crippen LogP contribution in [0.25, 0.3) is 0 Å². The first-order chi connectivity index (χ1) is 9.63. The second kappa shape index (κ2) is 7.58. The molecule has 2 rings (SSSR count). The lowest BCUT2D eigenvalue weighted by molar-refractivity contribution is 0.188. The Balaban J connectivity index is 1.89. The monoisotopic (exact) mass is 294 g/mol. The Morgan fingerprint density at radius 3 is 2.25 bits per heavy atom. The van der Waals surface area contributed by atoms with Crippen LogP contribution in [0.1, 0.15) is 56.2 Å². The SMILES string of the molecule is CCc1ccc(CC(NN)C2CCC(C(C)C)CC2)s1. The van der Waals surface area contributed by atoms with Gasteiger partial charge in [-0.1, -0.05) is 20.8 Å². The third-order valence-corrected chi connectivity index (χ3v) is 6.28. The van der Waals surface area contributed by atoms with E-state index in [-0.39, 0.29) is 0 Å². The molecule has 1 aliphatic rings. The van der Waals surface area contributed by atoms with Gasteiger partial charge in [-0.25, -0.2) is 0 Å². The second-order valence-corrected chi connectivity index (χ2v) is 7.87. The van der Waals surface area contributed by atoms with Crippen LogP contribution in [0.4, 0.5) is 0 Å². The normalized spacial score (nSPS) is 25.1. The third-order valence-electron chi connectivity index (χ3n) is 5.03. The summed E-state index contributed by atoms with van der Waals surface area (Å²) in [5.41, 5.74) is 3.10. The minimum Gasteiger partial charge on any atom is -0.271 e. The van der Waals surface area contributed by atoms with Crippen LogP contribution in [0.5, 0.6) is 0 Å². The number of hydrogen-bond acceptors (Lipinski definition) is 3. The molecule has 1 saturated carbocycles. The lowest BCUT2D eigenvalue weighted by Crippen LogP contribution is -2.43. The van der Waals surface area contributed by atoms with Crippen LogP contribution in [0.3, 0.4) is 0 Å². The summed E-state index contributed by atoms with van der Waals surface area (Å²) in [5.74, 6) is 8.36. The molecule has 0 aromatic carbocycles. The van der Waals surface area contributed by atoms with E-state index in [0.717, 1.165) is 30.6 Å². The van der Waals surface area contributed by atoms with Crippen LogP contribution in [-0.4, -0.2) is 6.04 Å². The van der Waals surface area contributed by atoms with E-state index >= 15 is 0 Å². The fourth-order valence-corrected chi connectivity index (χ4v) is 4.53. The standard InChI is InChI=1S/C17H30N2S/c1-4-15-9-10-16(20-15)11-17(19-18)14-7-5-13(6-8-14)12(2)3/h9-10,12-14,17,19H,4-8,11,18H2,1-3H3. The highest BCUT2D eigenvalue weighted by molar-refractivity contribution is 7.11. The smallest absolute Gasteiger partial charge is 0.0287 e. The zero-order valence-electron chi connectivity index (χ0n) is 13.2. The molecule has 0 bridgehead atoms. The number of rotatable bonds is 6. The van der Waals surface area contributed by atoms with E-state index in [1.54, 1.807) is 0 Å². The molecule has 1 aromatic rings.